The minimum atomic E-state index is -7.36. The van der Waals surface area contributed by atoms with Crippen molar-refractivity contribution < 1.29 is 80.6 Å². The molecule has 0 atom stereocenters. The van der Waals surface area contributed by atoms with Crippen molar-refractivity contribution in [3.8, 4) is 0 Å². The molecule has 1 saturated carbocycles. The van der Waals surface area contributed by atoms with Gasteiger partial charge < -0.3 is 4.74 Å². The number of rotatable bonds is 6. The fraction of sp³-hybridized carbons (Fsp3) is 0.812. The number of alkyl halides is 14. The number of hydrogen-bond acceptors (Lipinski definition) is 4. The van der Waals surface area contributed by atoms with Gasteiger partial charge in [0.05, 0.1) is 13.0 Å². The zero-order chi connectivity index (χ0) is 28.0. The maximum atomic E-state index is 13.9. The highest BCUT2D eigenvalue weighted by Gasteiger charge is 2.80. The highest BCUT2D eigenvalue weighted by molar-refractivity contribution is 6.03. The molecule has 1 aliphatic carbocycles. The number of amides is 2. The van der Waals surface area contributed by atoms with Crippen molar-refractivity contribution in [2.75, 3.05) is 7.11 Å². The van der Waals surface area contributed by atoms with Crippen LogP contribution in [0.2, 0.25) is 0 Å². The first kappa shape index (κ1) is 30.7. The normalized spacial score (nSPS) is 20.9. The lowest BCUT2D eigenvalue weighted by Gasteiger charge is -2.40. The first-order chi connectivity index (χ1) is 15.4. The number of hydrogen-bond donors (Lipinski definition) is 0. The summed E-state index contributed by atoms with van der Waals surface area (Å²) in [6.07, 6.45) is -18.1. The minimum Gasteiger partial charge on any atom is -0.469 e. The molecule has 0 saturated heterocycles. The van der Waals surface area contributed by atoms with E-state index in [1.165, 1.54) is 0 Å². The maximum absolute atomic E-state index is 13.9. The zero-order valence-corrected chi connectivity index (χ0v) is 16.9. The summed E-state index contributed by atoms with van der Waals surface area (Å²) in [5.41, 5.74) is 0. The topological polar surface area (TPSA) is 63.7 Å². The molecule has 1 aliphatic rings. The first-order valence-corrected chi connectivity index (χ1v) is 9.00. The molecule has 0 unspecified atom stereocenters. The molecule has 0 spiro atoms. The van der Waals surface area contributed by atoms with Crippen LogP contribution < -0.4 is 0 Å². The van der Waals surface area contributed by atoms with Crippen LogP contribution >= 0.6 is 0 Å². The minimum absolute atomic E-state index is 0.684. The summed E-state index contributed by atoms with van der Waals surface area (Å²) in [6, 6.07) is -2.58. The Labute approximate surface area is 185 Å². The highest BCUT2D eigenvalue weighted by atomic mass is 19.4. The molecule has 19 heteroatoms. The van der Waals surface area contributed by atoms with Crippen LogP contribution in [0.1, 0.15) is 25.7 Å². The highest BCUT2D eigenvalue weighted by Crippen LogP contribution is 2.51. The van der Waals surface area contributed by atoms with E-state index >= 15 is 0 Å². The van der Waals surface area contributed by atoms with Crippen molar-refractivity contribution in [3.63, 3.8) is 0 Å². The molecule has 1 fully saturated rings. The number of halogens is 14. The Hall–Kier alpha value is -2.37. The third-order valence-electron chi connectivity index (χ3n) is 5.07. The van der Waals surface area contributed by atoms with Gasteiger partial charge in [-0.25, -0.2) is 0 Å². The van der Waals surface area contributed by atoms with E-state index in [1.54, 1.807) is 0 Å². The lowest BCUT2D eigenvalue weighted by atomic mass is 9.84. The van der Waals surface area contributed by atoms with Crippen LogP contribution in [-0.2, 0) is 19.1 Å². The van der Waals surface area contributed by atoms with Crippen LogP contribution in [0.5, 0.6) is 0 Å². The van der Waals surface area contributed by atoms with E-state index in [4.69, 9.17) is 0 Å². The Bertz CT molecular complexity index is 777. The molecule has 5 nitrogen and oxygen atoms in total. The summed E-state index contributed by atoms with van der Waals surface area (Å²) in [5, 5.41) is 0. The van der Waals surface area contributed by atoms with Gasteiger partial charge in [0, 0.05) is 6.04 Å². The molecule has 0 aromatic rings. The van der Waals surface area contributed by atoms with Gasteiger partial charge in [0.1, 0.15) is 0 Å². The Kier molecular flexibility index (Phi) is 8.11. The van der Waals surface area contributed by atoms with E-state index in [0.29, 0.717) is 0 Å². The Morgan fingerprint density at radius 1 is 0.629 bits per heavy atom. The van der Waals surface area contributed by atoms with Gasteiger partial charge in [-0.2, -0.15) is 61.5 Å². The average molecular weight is 549 g/mol. The van der Waals surface area contributed by atoms with Crippen LogP contribution in [0, 0.1) is 5.92 Å². The molecule has 2 amide bonds. The van der Waals surface area contributed by atoms with Crippen molar-refractivity contribution in [1.82, 2.24) is 4.90 Å². The smallest absolute Gasteiger partial charge is 0.460 e. The lowest BCUT2D eigenvalue weighted by Crippen LogP contribution is -2.67. The van der Waals surface area contributed by atoms with Gasteiger partial charge in [-0.05, 0) is 25.7 Å². The van der Waals surface area contributed by atoms with Crippen LogP contribution in [-0.4, -0.2) is 71.9 Å². The molecule has 0 radical (unpaired) electrons. The van der Waals surface area contributed by atoms with Gasteiger partial charge in [0.2, 0.25) is 0 Å². The second-order valence-corrected chi connectivity index (χ2v) is 7.30. The molecule has 0 aromatic heterocycles. The molecule has 0 heterocycles. The van der Waals surface area contributed by atoms with Crippen molar-refractivity contribution in [2.45, 2.75) is 67.8 Å². The van der Waals surface area contributed by atoms with E-state index in [-0.39, 0.29) is 0 Å². The number of nitrogens with zero attached hydrogens (tertiary/aromatic N) is 1. The Morgan fingerprint density at radius 2 is 0.943 bits per heavy atom. The molecule has 0 aromatic carbocycles. The monoisotopic (exact) mass is 549 g/mol. The molecular formula is C16H13F14NO4. The van der Waals surface area contributed by atoms with E-state index in [2.05, 4.69) is 4.74 Å². The average Bonchev–Trinajstić information content (AvgIpc) is 2.71. The van der Waals surface area contributed by atoms with E-state index < -0.39 is 96.4 Å². The fourth-order valence-electron chi connectivity index (χ4n) is 3.09. The van der Waals surface area contributed by atoms with E-state index in [0.717, 1.165) is 7.11 Å². The second kappa shape index (κ2) is 9.25. The quantitative estimate of drug-likeness (QED) is 0.355. The summed E-state index contributed by atoms with van der Waals surface area (Å²) in [6.45, 7) is 0. The van der Waals surface area contributed by atoms with Crippen molar-refractivity contribution in [1.29, 1.82) is 0 Å². The summed E-state index contributed by atoms with van der Waals surface area (Å²) in [5.74, 6) is -39.3. The van der Waals surface area contributed by atoms with Crippen molar-refractivity contribution in [3.05, 3.63) is 0 Å². The third kappa shape index (κ3) is 5.12. The van der Waals surface area contributed by atoms with Gasteiger partial charge in [0.25, 0.3) is 0 Å². The maximum Gasteiger partial charge on any atom is 0.460 e. The van der Waals surface area contributed by atoms with Crippen LogP contribution in [0.15, 0.2) is 0 Å². The molecule has 0 N–H and O–H groups in total. The van der Waals surface area contributed by atoms with Gasteiger partial charge in [-0.3, -0.25) is 19.3 Å². The van der Waals surface area contributed by atoms with Crippen LogP contribution in [0.25, 0.3) is 0 Å². The molecular weight excluding hydrogens is 536 g/mol. The SMILES string of the molecule is COC(=O)C1CCC(N(C(=O)C(F)(F)C(F)(F)C(F)(F)F)C(=O)C(F)(F)C(F)(F)C(F)(F)F)CC1. The van der Waals surface area contributed by atoms with E-state index in [1.807, 2.05) is 0 Å². The Morgan fingerprint density at radius 3 is 1.20 bits per heavy atom. The molecule has 0 aliphatic heterocycles. The molecule has 1 rings (SSSR count). The first-order valence-electron chi connectivity index (χ1n) is 9.00. The predicted octanol–water partition coefficient (Wildman–Crippen LogP) is 4.74. The standard InChI is InChI=1S/C16H13F14NO4/c1-35-8(32)6-2-4-7(5-3-6)31(9(33)11(17,18)13(21,22)15(25,26)27)10(34)12(19,20)14(23,24)16(28,29)30/h6-7H,2-5H2,1H3. The van der Waals surface area contributed by atoms with E-state index in [9.17, 15) is 75.8 Å². The second-order valence-electron chi connectivity index (χ2n) is 7.30. The van der Waals surface area contributed by atoms with Crippen LogP contribution in [0.3, 0.4) is 0 Å². The number of ether oxygens (including phenoxy) is 1. The lowest BCUT2D eigenvalue weighted by molar-refractivity contribution is -0.350. The van der Waals surface area contributed by atoms with Gasteiger partial charge in [-0.1, -0.05) is 0 Å². The summed E-state index contributed by atoms with van der Waals surface area (Å²) >= 11 is 0. The van der Waals surface area contributed by atoms with Gasteiger partial charge in [0.15, 0.2) is 0 Å². The largest absolute Gasteiger partial charge is 0.469 e. The molecule has 35 heavy (non-hydrogen) atoms. The Balaban J connectivity index is 3.60. The fourth-order valence-corrected chi connectivity index (χ4v) is 3.09. The number of carbonyl (C=O) groups is 3. The third-order valence-corrected chi connectivity index (χ3v) is 5.07. The number of imide groups is 1. The van der Waals surface area contributed by atoms with Crippen molar-refractivity contribution >= 4 is 17.8 Å². The summed E-state index contributed by atoms with van der Waals surface area (Å²) < 4.78 is 187. The summed E-state index contributed by atoms with van der Waals surface area (Å²) in [7, 11) is 0.841. The number of methoxy groups -OCH3 is 1. The number of carbonyl (C=O) groups excluding carboxylic acids is 3. The van der Waals surface area contributed by atoms with Gasteiger partial charge in [-0.15, -0.1) is 0 Å². The van der Waals surface area contributed by atoms with Gasteiger partial charge >= 0.3 is 53.8 Å². The molecule has 204 valence electrons. The zero-order valence-electron chi connectivity index (χ0n) is 16.9. The molecule has 0 bridgehead atoms. The van der Waals surface area contributed by atoms with Crippen molar-refractivity contribution in [2.24, 2.45) is 5.92 Å². The summed E-state index contributed by atoms with van der Waals surface area (Å²) in [4.78, 5) is 33.5. The van der Waals surface area contributed by atoms with Crippen LogP contribution in [0.4, 0.5) is 61.5 Å². The number of esters is 1. The predicted molar refractivity (Wildman–Crippen MR) is 81.5 cm³/mol.